The molecule has 1 aromatic carbocycles. The van der Waals surface area contributed by atoms with Gasteiger partial charge in [0.15, 0.2) is 0 Å². The third-order valence-electron chi connectivity index (χ3n) is 4.20. The molecule has 136 valence electrons. The number of aromatic nitrogens is 1. The Morgan fingerprint density at radius 3 is 2.27 bits per heavy atom. The number of rotatable bonds is 5. The van der Waals surface area contributed by atoms with Gasteiger partial charge in [0.25, 0.3) is 0 Å². The minimum Gasteiger partial charge on any atom is -0.478 e. The first-order valence-corrected chi connectivity index (χ1v) is 8.94. The largest absolute Gasteiger partial charge is 0.478 e. The van der Waals surface area contributed by atoms with Gasteiger partial charge in [-0.05, 0) is 30.7 Å². The summed E-state index contributed by atoms with van der Waals surface area (Å²) in [7, 11) is 0. The lowest BCUT2D eigenvalue weighted by molar-refractivity contribution is 0.0696. The van der Waals surface area contributed by atoms with E-state index < -0.39 is 5.97 Å². The molecule has 0 saturated carbocycles. The normalized spacial score (nSPS) is 11.2. The van der Waals surface area contributed by atoms with Gasteiger partial charge in [0.1, 0.15) is 6.07 Å². The van der Waals surface area contributed by atoms with Gasteiger partial charge in [-0.25, -0.2) is 4.79 Å². The average Bonchev–Trinajstić information content (AvgIpc) is 2.53. The molecule has 26 heavy (non-hydrogen) atoms. The van der Waals surface area contributed by atoms with Crippen LogP contribution in [0.4, 0.5) is 0 Å². The monoisotopic (exact) mass is 350 g/mol. The number of carboxylic acid groups (broad SMARTS) is 1. The zero-order valence-electron chi connectivity index (χ0n) is 16.2. The SMILES string of the molecule is CCCc1nc(CC(C)(C)C)c(C#N)c(-c2ccc(C)cc2)c1C(=O)O. The molecule has 0 aliphatic heterocycles. The molecule has 0 radical (unpaired) electrons. The molecule has 0 unspecified atom stereocenters. The Balaban J connectivity index is 2.89. The molecule has 1 heterocycles. The number of pyridine rings is 1. The van der Waals surface area contributed by atoms with Gasteiger partial charge in [-0.2, -0.15) is 5.26 Å². The number of nitriles is 1. The minimum absolute atomic E-state index is 0.0582. The number of hydrogen-bond acceptors (Lipinski definition) is 3. The lowest BCUT2D eigenvalue weighted by Gasteiger charge is -2.22. The van der Waals surface area contributed by atoms with Gasteiger partial charge in [-0.3, -0.25) is 4.98 Å². The van der Waals surface area contributed by atoms with Crippen molar-refractivity contribution in [3.8, 4) is 17.2 Å². The van der Waals surface area contributed by atoms with Crippen molar-refractivity contribution in [3.63, 3.8) is 0 Å². The zero-order chi connectivity index (χ0) is 19.5. The predicted octanol–water partition coefficient (Wildman–Crippen LogP) is 5.17. The van der Waals surface area contributed by atoms with E-state index in [1.54, 1.807) is 0 Å². The van der Waals surface area contributed by atoms with Crippen LogP contribution in [0.25, 0.3) is 11.1 Å². The summed E-state index contributed by atoms with van der Waals surface area (Å²) in [6.07, 6.45) is 1.98. The maximum atomic E-state index is 12.1. The van der Waals surface area contributed by atoms with E-state index in [0.29, 0.717) is 35.4 Å². The summed E-state index contributed by atoms with van der Waals surface area (Å²) in [5, 5.41) is 19.7. The van der Waals surface area contributed by atoms with E-state index in [4.69, 9.17) is 0 Å². The molecule has 0 saturated heterocycles. The molecule has 2 rings (SSSR count). The van der Waals surface area contributed by atoms with E-state index in [9.17, 15) is 15.2 Å². The predicted molar refractivity (Wildman–Crippen MR) is 103 cm³/mol. The first-order chi connectivity index (χ1) is 12.2. The second-order valence-corrected chi connectivity index (χ2v) is 7.90. The second-order valence-electron chi connectivity index (χ2n) is 7.90. The summed E-state index contributed by atoms with van der Waals surface area (Å²) in [6.45, 7) is 10.2. The Bertz CT molecular complexity index is 854. The molecule has 0 aliphatic carbocycles. The number of carbonyl (C=O) groups is 1. The van der Waals surface area contributed by atoms with Gasteiger partial charge in [-0.15, -0.1) is 0 Å². The Labute approximate surface area is 155 Å². The Morgan fingerprint density at radius 2 is 1.81 bits per heavy atom. The van der Waals surface area contributed by atoms with E-state index in [1.807, 2.05) is 38.1 Å². The van der Waals surface area contributed by atoms with Crippen molar-refractivity contribution in [2.75, 3.05) is 0 Å². The molecule has 0 bridgehead atoms. The van der Waals surface area contributed by atoms with Crippen LogP contribution in [0.5, 0.6) is 0 Å². The number of nitrogens with zero attached hydrogens (tertiary/aromatic N) is 2. The highest BCUT2D eigenvalue weighted by molar-refractivity contribution is 5.99. The van der Waals surface area contributed by atoms with Crippen molar-refractivity contribution >= 4 is 5.97 Å². The lowest BCUT2D eigenvalue weighted by Crippen LogP contribution is -2.17. The summed E-state index contributed by atoms with van der Waals surface area (Å²) >= 11 is 0. The van der Waals surface area contributed by atoms with Crippen LogP contribution in [0.2, 0.25) is 0 Å². The van der Waals surface area contributed by atoms with E-state index in [0.717, 1.165) is 17.5 Å². The Morgan fingerprint density at radius 1 is 1.19 bits per heavy atom. The Kier molecular flexibility index (Phi) is 5.82. The number of aryl methyl sites for hydroxylation is 2. The summed E-state index contributed by atoms with van der Waals surface area (Å²) in [5.74, 6) is -1.03. The fraction of sp³-hybridized carbons (Fsp3) is 0.409. The van der Waals surface area contributed by atoms with Crippen LogP contribution in [-0.4, -0.2) is 16.1 Å². The zero-order valence-corrected chi connectivity index (χ0v) is 16.2. The molecule has 0 aliphatic rings. The maximum Gasteiger partial charge on any atom is 0.338 e. The maximum absolute atomic E-state index is 12.1. The van der Waals surface area contributed by atoms with E-state index in [-0.39, 0.29) is 11.0 Å². The van der Waals surface area contributed by atoms with Gasteiger partial charge in [0.2, 0.25) is 0 Å². The lowest BCUT2D eigenvalue weighted by atomic mass is 9.85. The minimum atomic E-state index is -1.03. The van der Waals surface area contributed by atoms with Gasteiger partial charge >= 0.3 is 5.97 Å². The van der Waals surface area contributed by atoms with Crippen LogP contribution in [0, 0.1) is 23.7 Å². The molecule has 1 aromatic heterocycles. The van der Waals surface area contributed by atoms with E-state index >= 15 is 0 Å². The van der Waals surface area contributed by atoms with Crippen LogP contribution in [0.1, 0.15) is 67.0 Å². The van der Waals surface area contributed by atoms with E-state index in [2.05, 4.69) is 31.8 Å². The van der Waals surface area contributed by atoms with Crippen LogP contribution < -0.4 is 0 Å². The van der Waals surface area contributed by atoms with Crippen molar-refractivity contribution in [1.82, 2.24) is 4.98 Å². The van der Waals surface area contributed by atoms with Crippen molar-refractivity contribution in [1.29, 1.82) is 5.26 Å². The molecule has 0 atom stereocenters. The highest BCUT2D eigenvalue weighted by Crippen LogP contribution is 2.34. The molecule has 2 aromatic rings. The van der Waals surface area contributed by atoms with Crippen molar-refractivity contribution < 1.29 is 9.90 Å². The van der Waals surface area contributed by atoms with Crippen LogP contribution >= 0.6 is 0 Å². The summed E-state index contributed by atoms with van der Waals surface area (Å²) < 4.78 is 0. The number of hydrogen-bond donors (Lipinski definition) is 1. The first kappa shape index (κ1) is 19.7. The highest BCUT2D eigenvalue weighted by Gasteiger charge is 2.26. The van der Waals surface area contributed by atoms with Crippen LogP contribution in [0.15, 0.2) is 24.3 Å². The first-order valence-electron chi connectivity index (χ1n) is 8.94. The van der Waals surface area contributed by atoms with Crippen LogP contribution in [0.3, 0.4) is 0 Å². The average molecular weight is 350 g/mol. The second kappa shape index (κ2) is 7.70. The fourth-order valence-corrected chi connectivity index (χ4v) is 3.10. The highest BCUT2D eigenvalue weighted by atomic mass is 16.4. The molecule has 4 nitrogen and oxygen atoms in total. The van der Waals surface area contributed by atoms with Crippen LogP contribution in [-0.2, 0) is 12.8 Å². The third kappa shape index (κ3) is 4.29. The third-order valence-corrected chi connectivity index (χ3v) is 4.20. The topological polar surface area (TPSA) is 74.0 Å². The fourth-order valence-electron chi connectivity index (χ4n) is 3.10. The van der Waals surface area contributed by atoms with Gasteiger partial charge in [-0.1, -0.05) is 63.9 Å². The molecular weight excluding hydrogens is 324 g/mol. The van der Waals surface area contributed by atoms with E-state index in [1.165, 1.54) is 0 Å². The molecule has 0 fully saturated rings. The number of aromatic carboxylic acids is 1. The number of benzene rings is 1. The molecular formula is C22H26N2O2. The van der Waals surface area contributed by atoms with Gasteiger partial charge < -0.3 is 5.11 Å². The van der Waals surface area contributed by atoms with Crippen molar-refractivity contribution in [2.24, 2.45) is 5.41 Å². The van der Waals surface area contributed by atoms with Gasteiger partial charge in [0.05, 0.1) is 22.5 Å². The molecule has 1 N–H and O–H groups in total. The standard InChI is InChI=1S/C22H26N2O2/c1-6-7-17-20(21(25)26)19(15-10-8-14(2)9-11-15)16(13-23)18(24-17)12-22(3,4)5/h8-11H,6-7,12H2,1-5H3,(H,25,26). The van der Waals surface area contributed by atoms with Crippen molar-refractivity contribution in [2.45, 2.75) is 53.9 Å². The molecule has 4 heteroatoms. The van der Waals surface area contributed by atoms with Crippen molar-refractivity contribution in [3.05, 3.63) is 52.3 Å². The molecule has 0 spiro atoms. The smallest absolute Gasteiger partial charge is 0.338 e. The summed E-state index contributed by atoms with van der Waals surface area (Å²) in [5.41, 5.74) is 4.06. The van der Waals surface area contributed by atoms with Gasteiger partial charge in [0, 0.05) is 5.56 Å². The summed E-state index contributed by atoms with van der Waals surface area (Å²) in [4.78, 5) is 16.7. The summed E-state index contributed by atoms with van der Waals surface area (Å²) in [6, 6.07) is 9.88. The number of carboxylic acids is 1. The Hall–Kier alpha value is -2.67. The molecule has 0 amide bonds. The quantitative estimate of drug-likeness (QED) is 0.807.